The molecule has 2 fully saturated rings. The minimum atomic E-state index is 0.165. The lowest BCUT2D eigenvalue weighted by Crippen LogP contribution is -2.49. The van der Waals surface area contributed by atoms with Gasteiger partial charge in [0.1, 0.15) is 0 Å². The Morgan fingerprint density at radius 1 is 1.00 bits per heavy atom. The van der Waals surface area contributed by atoms with Gasteiger partial charge in [0.05, 0.1) is 5.60 Å². The van der Waals surface area contributed by atoms with Crippen LogP contribution in [0.4, 0.5) is 0 Å². The van der Waals surface area contributed by atoms with Gasteiger partial charge in [-0.2, -0.15) is 0 Å². The lowest BCUT2D eigenvalue weighted by molar-refractivity contribution is -0.0945. The molecule has 2 rings (SSSR count). The second kappa shape index (κ2) is 6.38. The highest BCUT2D eigenvalue weighted by Gasteiger charge is 2.35. The standard InChI is InChI=1S/C16H31NO/c1-4-16(5-2)12-15(10-11-18-16)17-14-8-6-13(3)7-9-14/h13-15,17H,4-12H2,1-3H3. The van der Waals surface area contributed by atoms with Gasteiger partial charge in [0.25, 0.3) is 0 Å². The van der Waals surface area contributed by atoms with Crippen LogP contribution in [0, 0.1) is 5.92 Å². The van der Waals surface area contributed by atoms with E-state index in [0.717, 1.165) is 31.4 Å². The molecular weight excluding hydrogens is 222 g/mol. The number of ether oxygens (including phenoxy) is 1. The third kappa shape index (κ3) is 3.48. The van der Waals surface area contributed by atoms with Gasteiger partial charge in [0.15, 0.2) is 0 Å². The average molecular weight is 253 g/mol. The molecule has 1 aliphatic carbocycles. The first-order valence-corrected chi connectivity index (χ1v) is 8.07. The molecule has 2 heteroatoms. The summed E-state index contributed by atoms with van der Waals surface area (Å²) in [5.41, 5.74) is 0.165. The zero-order valence-electron chi connectivity index (χ0n) is 12.5. The highest BCUT2D eigenvalue weighted by atomic mass is 16.5. The third-order valence-electron chi connectivity index (χ3n) is 5.27. The molecule has 2 aliphatic rings. The summed E-state index contributed by atoms with van der Waals surface area (Å²) < 4.78 is 6.06. The zero-order valence-corrected chi connectivity index (χ0v) is 12.5. The van der Waals surface area contributed by atoms with E-state index in [1.165, 1.54) is 38.5 Å². The molecule has 1 aliphatic heterocycles. The molecule has 0 spiro atoms. The van der Waals surface area contributed by atoms with Crippen molar-refractivity contribution in [2.45, 2.75) is 89.8 Å². The summed E-state index contributed by atoms with van der Waals surface area (Å²) in [6.45, 7) is 7.88. The molecule has 0 aromatic carbocycles. The summed E-state index contributed by atoms with van der Waals surface area (Å²) in [6, 6.07) is 1.47. The summed E-state index contributed by atoms with van der Waals surface area (Å²) in [4.78, 5) is 0. The lowest BCUT2D eigenvalue weighted by Gasteiger charge is -2.42. The SMILES string of the molecule is CCC1(CC)CC(NC2CCC(C)CC2)CCO1. The van der Waals surface area contributed by atoms with Crippen molar-refractivity contribution in [1.29, 1.82) is 0 Å². The largest absolute Gasteiger partial charge is 0.375 e. The van der Waals surface area contributed by atoms with Crippen LogP contribution in [0.15, 0.2) is 0 Å². The molecule has 0 radical (unpaired) electrons. The molecular formula is C16H31NO. The maximum atomic E-state index is 6.06. The number of nitrogens with one attached hydrogen (secondary N) is 1. The molecule has 1 saturated heterocycles. The molecule has 0 aromatic heterocycles. The maximum Gasteiger partial charge on any atom is 0.0692 e. The van der Waals surface area contributed by atoms with E-state index in [-0.39, 0.29) is 5.60 Å². The van der Waals surface area contributed by atoms with E-state index in [9.17, 15) is 0 Å². The van der Waals surface area contributed by atoms with Crippen molar-refractivity contribution < 1.29 is 4.74 Å². The van der Waals surface area contributed by atoms with E-state index in [1.807, 2.05) is 0 Å². The minimum Gasteiger partial charge on any atom is -0.375 e. The molecule has 2 nitrogen and oxygen atoms in total. The van der Waals surface area contributed by atoms with E-state index < -0.39 is 0 Å². The van der Waals surface area contributed by atoms with Crippen LogP contribution in [-0.4, -0.2) is 24.3 Å². The van der Waals surface area contributed by atoms with Crippen LogP contribution >= 0.6 is 0 Å². The first kappa shape index (κ1) is 14.3. The molecule has 1 saturated carbocycles. The van der Waals surface area contributed by atoms with Gasteiger partial charge in [-0.3, -0.25) is 0 Å². The highest BCUT2D eigenvalue weighted by Crippen LogP contribution is 2.32. The first-order valence-electron chi connectivity index (χ1n) is 8.07. The molecule has 1 unspecified atom stereocenters. The molecule has 18 heavy (non-hydrogen) atoms. The van der Waals surface area contributed by atoms with Crippen LogP contribution in [0.1, 0.15) is 72.1 Å². The molecule has 0 aromatic rings. The van der Waals surface area contributed by atoms with Crippen LogP contribution in [0.25, 0.3) is 0 Å². The second-order valence-electron chi connectivity index (χ2n) is 6.55. The van der Waals surface area contributed by atoms with E-state index >= 15 is 0 Å². The summed E-state index contributed by atoms with van der Waals surface area (Å²) >= 11 is 0. The van der Waals surface area contributed by atoms with Gasteiger partial charge in [0, 0.05) is 18.7 Å². The molecule has 0 bridgehead atoms. The summed E-state index contributed by atoms with van der Waals surface area (Å²) in [5.74, 6) is 0.947. The lowest BCUT2D eigenvalue weighted by atomic mass is 9.83. The number of rotatable bonds is 4. The van der Waals surface area contributed by atoms with Crippen molar-refractivity contribution in [3.8, 4) is 0 Å². The number of hydrogen-bond acceptors (Lipinski definition) is 2. The molecule has 1 N–H and O–H groups in total. The van der Waals surface area contributed by atoms with Crippen molar-refractivity contribution in [3.63, 3.8) is 0 Å². The van der Waals surface area contributed by atoms with Crippen LogP contribution < -0.4 is 5.32 Å². The van der Waals surface area contributed by atoms with E-state index in [2.05, 4.69) is 26.1 Å². The van der Waals surface area contributed by atoms with Gasteiger partial charge >= 0.3 is 0 Å². The first-order chi connectivity index (χ1) is 8.67. The van der Waals surface area contributed by atoms with Crippen molar-refractivity contribution in [3.05, 3.63) is 0 Å². The van der Waals surface area contributed by atoms with Crippen molar-refractivity contribution in [2.24, 2.45) is 5.92 Å². The Kier molecular flexibility index (Phi) is 5.08. The zero-order chi connectivity index (χ0) is 13.0. The second-order valence-corrected chi connectivity index (χ2v) is 6.55. The topological polar surface area (TPSA) is 21.3 Å². The van der Waals surface area contributed by atoms with E-state index in [4.69, 9.17) is 4.74 Å². The van der Waals surface area contributed by atoms with E-state index in [1.54, 1.807) is 0 Å². The summed E-state index contributed by atoms with van der Waals surface area (Å²) in [7, 11) is 0. The quantitative estimate of drug-likeness (QED) is 0.820. The van der Waals surface area contributed by atoms with Crippen molar-refractivity contribution in [2.75, 3.05) is 6.61 Å². The minimum absolute atomic E-state index is 0.165. The van der Waals surface area contributed by atoms with Crippen LogP contribution in [0.5, 0.6) is 0 Å². The van der Waals surface area contributed by atoms with Gasteiger partial charge in [-0.1, -0.05) is 20.8 Å². The smallest absolute Gasteiger partial charge is 0.0692 e. The Balaban J connectivity index is 1.82. The van der Waals surface area contributed by atoms with Gasteiger partial charge in [-0.05, 0) is 57.3 Å². The summed E-state index contributed by atoms with van der Waals surface area (Å²) in [6.07, 6.45) is 10.3. The fourth-order valence-electron chi connectivity index (χ4n) is 3.67. The van der Waals surface area contributed by atoms with Crippen LogP contribution in [0.2, 0.25) is 0 Å². The van der Waals surface area contributed by atoms with Crippen molar-refractivity contribution in [1.82, 2.24) is 5.32 Å². The predicted molar refractivity (Wildman–Crippen MR) is 76.8 cm³/mol. The van der Waals surface area contributed by atoms with Gasteiger partial charge in [-0.25, -0.2) is 0 Å². The average Bonchev–Trinajstić information content (AvgIpc) is 2.41. The Morgan fingerprint density at radius 2 is 1.67 bits per heavy atom. The third-order valence-corrected chi connectivity index (χ3v) is 5.27. The Morgan fingerprint density at radius 3 is 2.28 bits per heavy atom. The highest BCUT2D eigenvalue weighted by molar-refractivity contribution is 4.90. The maximum absolute atomic E-state index is 6.06. The molecule has 1 atom stereocenters. The monoisotopic (exact) mass is 253 g/mol. The van der Waals surface area contributed by atoms with Gasteiger partial charge in [0.2, 0.25) is 0 Å². The predicted octanol–water partition coefficient (Wildman–Crippen LogP) is 3.89. The molecule has 0 amide bonds. The van der Waals surface area contributed by atoms with Crippen LogP contribution in [-0.2, 0) is 4.74 Å². The molecule has 106 valence electrons. The van der Waals surface area contributed by atoms with Gasteiger partial charge < -0.3 is 10.1 Å². The fourth-order valence-corrected chi connectivity index (χ4v) is 3.67. The van der Waals surface area contributed by atoms with Gasteiger partial charge in [-0.15, -0.1) is 0 Å². The van der Waals surface area contributed by atoms with Crippen LogP contribution in [0.3, 0.4) is 0 Å². The Labute approximate surface area is 113 Å². The van der Waals surface area contributed by atoms with Crippen molar-refractivity contribution >= 4 is 0 Å². The Hall–Kier alpha value is -0.0800. The summed E-state index contributed by atoms with van der Waals surface area (Å²) in [5, 5.41) is 3.92. The number of hydrogen-bond donors (Lipinski definition) is 1. The van der Waals surface area contributed by atoms with E-state index in [0.29, 0.717) is 6.04 Å². The Bertz CT molecular complexity index is 241. The normalized spacial score (nSPS) is 36.5. The molecule has 1 heterocycles. The fraction of sp³-hybridized carbons (Fsp3) is 1.00.